The van der Waals surface area contributed by atoms with Crippen LogP contribution in [-0.2, 0) is 13.1 Å². The summed E-state index contributed by atoms with van der Waals surface area (Å²) in [4.78, 5) is 12.8. The number of halogens is 1. The number of nitrogens with zero attached hydrogens (tertiary/aromatic N) is 2. The van der Waals surface area contributed by atoms with Crippen LogP contribution in [0.1, 0.15) is 12.5 Å². The van der Waals surface area contributed by atoms with Crippen molar-refractivity contribution in [3.05, 3.63) is 58.3 Å². The van der Waals surface area contributed by atoms with Crippen molar-refractivity contribution in [2.75, 3.05) is 20.3 Å². The van der Waals surface area contributed by atoms with E-state index in [1.807, 2.05) is 19.1 Å². The average Bonchev–Trinajstić information content (AvgIpc) is 2.88. The molecule has 0 saturated carbocycles. The highest BCUT2D eigenvalue weighted by Crippen LogP contribution is 2.28. The van der Waals surface area contributed by atoms with Gasteiger partial charge in [0.25, 0.3) is 0 Å². The molecule has 0 amide bonds. The third-order valence-corrected chi connectivity index (χ3v) is 4.17. The number of imidazole rings is 1. The molecule has 0 aliphatic heterocycles. The van der Waals surface area contributed by atoms with Gasteiger partial charge in [0.15, 0.2) is 11.5 Å². The summed E-state index contributed by atoms with van der Waals surface area (Å²) in [5, 5.41) is 9.23. The number of fused-ring (bicyclic) bond motifs is 1. The molecule has 1 N–H and O–H groups in total. The second kappa shape index (κ2) is 7.61. The third-order valence-electron chi connectivity index (χ3n) is 4.17. The SMILES string of the molecule is CCOc1cc(Cn2c(=O)n(CCO)c3cc(F)ccc32)ccc1OC. The summed E-state index contributed by atoms with van der Waals surface area (Å²) < 4.78 is 27.4. The number of aliphatic hydroxyl groups is 1. The van der Waals surface area contributed by atoms with E-state index in [0.29, 0.717) is 35.7 Å². The van der Waals surface area contributed by atoms with Gasteiger partial charge in [0.1, 0.15) is 5.82 Å². The number of hydrogen-bond donors (Lipinski definition) is 1. The standard InChI is InChI=1S/C19H21FN2O4/c1-3-26-18-10-13(4-7-17(18)25-2)12-22-15-6-5-14(20)11-16(15)21(8-9-23)19(22)24/h4-7,10-11,23H,3,8-9,12H2,1-2H3. The normalized spacial score (nSPS) is 11.1. The van der Waals surface area contributed by atoms with E-state index < -0.39 is 5.82 Å². The molecule has 0 fully saturated rings. The van der Waals surface area contributed by atoms with E-state index in [1.54, 1.807) is 23.8 Å². The summed E-state index contributed by atoms with van der Waals surface area (Å²) in [6, 6.07) is 9.68. The van der Waals surface area contributed by atoms with Gasteiger partial charge in [0, 0.05) is 0 Å². The molecule has 138 valence electrons. The quantitative estimate of drug-likeness (QED) is 0.703. The van der Waals surface area contributed by atoms with Crippen LogP contribution in [0.15, 0.2) is 41.2 Å². The van der Waals surface area contributed by atoms with Gasteiger partial charge in [-0.3, -0.25) is 9.13 Å². The van der Waals surface area contributed by atoms with Crippen molar-refractivity contribution in [1.82, 2.24) is 9.13 Å². The molecule has 1 aromatic heterocycles. The van der Waals surface area contributed by atoms with Gasteiger partial charge in [-0.15, -0.1) is 0 Å². The molecular weight excluding hydrogens is 339 g/mol. The molecule has 0 aliphatic carbocycles. The third kappa shape index (κ3) is 3.30. The van der Waals surface area contributed by atoms with Crippen LogP contribution < -0.4 is 15.2 Å². The Labute approximate surface area is 150 Å². The lowest BCUT2D eigenvalue weighted by Crippen LogP contribution is -2.25. The predicted molar refractivity (Wildman–Crippen MR) is 96.5 cm³/mol. The molecule has 6 nitrogen and oxygen atoms in total. The summed E-state index contributed by atoms with van der Waals surface area (Å²) in [6.45, 7) is 2.58. The number of aliphatic hydroxyl groups excluding tert-OH is 1. The van der Waals surface area contributed by atoms with Crippen molar-refractivity contribution in [2.45, 2.75) is 20.0 Å². The molecule has 0 radical (unpaired) electrons. The van der Waals surface area contributed by atoms with Gasteiger partial charge >= 0.3 is 5.69 Å². The highest BCUT2D eigenvalue weighted by Gasteiger charge is 2.15. The lowest BCUT2D eigenvalue weighted by Gasteiger charge is -2.11. The largest absolute Gasteiger partial charge is 0.493 e. The van der Waals surface area contributed by atoms with Crippen LogP contribution in [0.3, 0.4) is 0 Å². The van der Waals surface area contributed by atoms with Gasteiger partial charge in [0.2, 0.25) is 0 Å². The Hall–Kier alpha value is -2.80. The first kappa shape index (κ1) is 18.0. The molecule has 1 heterocycles. The van der Waals surface area contributed by atoms with Crippen LogP contribution in [0.2, 0.25) is 0 Å². The summed E-state index contributed by atoms with van der Waals surface area (Å²) in [6.07, 6.45) is 0. The van der Waals surface area contributed by atoms with Crippen LogP contribution in [0, 0.1) is 5.82 Å². The maximum atomic E-state index is 13.6. The van der Waals surface area contributed by atoms with E-state index in [0.717, 1.165) is 5.56 Å². The maximum absolute atomic E-state index is 13.6. The second-order valence-electron chi connectivity index (χ2n) is 5.80. The summed E-state index contributed by atoms with van der Waals surface area (Å²) in [7, 11) is 1.57. The highest BCUT2D eigenvalue weighted by atomic mass is 19.1. The Bertz CT molecular complexity index is 978. The van der Waals surface area contributed by atoms with Crippen LogP contribution >= 0.6 is 0 Å². The molecule has 3 rings (SSSR count). The summed E-state index contributed by atoms with van der Waals surface area (Å²) in [5.74, 6) is 0.794. The van der Waals surface area contributed by atoms with Crippen molar-refractivity contribution in [3.8, 4) is 11.5 Å². The fourth-order valence-corrected chi connectivity index (χ4v) is 3.03. The molecule has 3 aromatic rings. The zero-order valence-electron chi connectivity index (χ0n) is 14.7. The summed E-state index contributed by atoms with van der Waals surface area (Å²) in [5.41, 5.74) is 1.62. The van der Waals surface area contributed by atoms with Crippen molar-refractivity contribution < 1.29 is 19.0 Å². The minimum Gasteiger partial charge on any atom is -0.493 e. The first-order valence-corrected chi connectivity index (χ1v) is 8.38. The minimum atomic E-state index is -0.426. The van der Waals surface area contributed by atoms with Crippen molar-refractivity contribution >= 4 is 11.0 Å². The Balaban J connectivity index is 2.08. The molecule has 0 spiro atoms. The molecule has 0 aliphatic rings. The first-order valence-electron chi connectivity index (χ1n) is 8.38. The van der Waals surface area contributed by atoms with Gasteiger partial charge in [0.05, 0.1) is 44.4 Å². The molecule has 26 heavy (non-hydrogen) atoms. The van der Waals surface area contributed by atoms with Crippen LogP contribution in [0.25, 0.3) is 11.0 Å². The van der Waals surface area contributed by atoms with Crippen molar-refractivity contribution in [1.29, 1.82) is 0 Å². The van der Waals surface area contributed by atoms with Crippen molar-refractivity contribution in [2.24, 2.45) is 0 Å². The molecular formula is C19H21FN2O4. The predicted octanol–water partition coefficient (Wildman–Crippen LogP) is 2.39. The van der Waals surface area contributed by atoms with Gasteiger partial charge < -0.3 is 14.6 Å². The van der Waals surface area contributed by atoms with E-state index >= 15 is 0 Å². The first-order chi connectivity index (χ1) is 12.6. The number of aromatic nitrogens is 2. The minimum absolute atomic E-state index is 0.110. The Morgan fingerprint density at radius 2 is 1.88 bits per heavy atom. The molecule has 0 saturated heterocycles. The van der Waals surface area contributed by atoms with E-state index in [-0.39, 0.29) is 18.8 Å². The molecule has 0 atom stereocenters. The fraction of sp³-hybridized carbons (Fsp3) is 0.316. The van der Waals surface area contributed by atoms with E-state index in [4.69, 9.17) is 9.47 Å². The molecule has 2 aromatic carbocycles. The van der Waals surface area contributed by atoms with E-state index in [1.165, 1.54) is 16.7 Å². The van der Waals surface area contributed by atoms with Gasteiger partial charge in [-0.25, -0.2) is 9.18 Å². The molecule has 0 unspecified atom stereocenters. The number of hydrogen-bond acceptors (Lipinski definition) is 4. The highest BCUT2D eigenvalue weighted by molar-refractivity contribution is 5.76. The zero-order valence-corrected chi connectivity index (χ0v) is 14.7. The number of methoxy groups -OCH3 is 1. The van der Waals surface area contributed by atoms with E-state index in [2.05, 4.69) is 0 Å². The second-order valence-corrected chi connectivity index (χ2v) is 5.80. The topological polar surface area (TPSA) is 65.6 Å². The summed E-state index contributed by atoms with van der Waals surface area (Å²) >= 11 is 0. The van der Waals surface area contributed by atoms with Gasteiger partial charge in [-0.2, -0.15) is 0 Å². The zero-order chi connectivity index (χ0) is 18.7. The van der Waals surface area contributed by atoms with Crippen molar-refractivity contribution in [3.63, 3.8) is 0 Å². The number of ether oxygens (including phenoxy) is 2. The monoisotopic (exact) mass is 360 g/mol. The lowest BCUT2D eigenvalue weighted by atomic mass is 10.2. The van der Waals surface area contributed by atoms with E-state index in [9.17, 15) is 14.3 Å². The van der Waals surface area contributed by atoms with Gasteiger partial charge in [-0.1, -0.05) is 6.07 Å². The molecule has 7 heteroatoms. The van der Waals surface area contributed by atoms with Crippen LogP contribution in [-0.4, -0.2) is 34.6 Å². The molecule has 0 bridgehead atoms. The van der Waals surface area contributed by atoms with Crippen LogP contribution in [0.4, 0.5) is 4.39 Å². The Morgan fingerprint density at radius 1 is 1.08 bits per heavy atom. The maximum Gasteiger partial charge on any atom is 0.329 e. The Kier molecular flexibility index (Phi) is 5.27. The fourth-order valence-electron chi connectivity index (χ4n) is 3.03. The van der Waals surface area contributed by atoms with Gasteiger partial charge in [-0.05, 0) is 42.8 Å². The average molecular weight is 360 g/mol. The smallest absolute Gasteiger partial charge is 0.329 e. The number of benzene rings is 2. The lowest BCUT2D eigenvalue weighted by molar-refractivity contribution is 0.275. The Morgan fingerprint density at radius 3 is 2.58 bits per heavy atom. The van der Waals surface area contributed by atoms with Crippen LogP contribution in [0.5, 0.6) is 11.5 Å². The number of rotatable bonds is 7.